The van der Waals surface area contributed by atoms with Gasteiger partial charge in [-0.1, -0.05) is 0 Å². The molecule has 1 aromatic heterocycles. The van der Waals surface area contributed by atoms with Crippen LogP contribution in [0.2, 0.25) is 0 Å². The lowest BCUT2D eigenvalue weighted by Crippen LogP contribution is -2.29. The van der Waals surface area contributed by atoms with Crippen LogP contribution in [0.5, 0.6) is 0 Å². The number of aromatic nitrogens is 1. The van der Waals surface area contributed by atoms with Crippen molar-refractivity contribution in [1.82, 2.24) is 4.98 Å². The molecule has 1 rings (SSSR count). The third-order valence-corrected chi connectivity index (χ3v) is 2.49. The molecule has 0 aliphatic carbocycles. The van der Waals surface area contributed by atoms with Gasteiger partial charge >= 0.3 is 0 Å². The van der Waals surface area contributed by atoms with Crippen LogP contribution in [0.1, 0.15) is 5.01 Å². The van der Waals surface area contributed by atoms with Crippen molar-refractivity contribution in [2.75, 3.05) is 26.9 Å². The highest BCUT2D eigenvalue weighted by atomic mass is 32.1. The van der Waals surface area contributed by atoms with E-state index in [-0.39, 0.29) is 6.04 Å². The second kappa shape index (κ2) is 6.89. The van der Waals surface area contributed by atoms with Crippen molar-refractivity contribution in [1.29, 1.82) is 0 Å². The molecule has 0 fully saturated rings. The molecule has 0 aliphatic heterocycles. The Bertz CT molecular complexity index is 229. The minimum atomic E-state index is 0.0259. The lowest BCUT2D eigenvalue weighted by atomic mass is 10.2. The first-order valence-corrected chi connectivity index (χ1v) is 5.41. The minimum absolute atomic E-state index is 0.0259. The summed E-state index contributed by atoms with van der Waals surface area (Å²) in [4.78, 5) is 4.16. The monoisotopic (exact) mass is 216 g/mol. The molecule has 0 saturated heterocycles. The lowest BCUT2D eigenvalue weighted by Gasteiger charge is -2.09. The van der Waals surface area contributed by atoms with Gasteiger partial charge in [0.2, 0.25) is 0 Å². The standard InChI is InChI=1S/C9H16N2O2S/c1-12-3-4-13-7-8(10)6-9-11-2-5-14-9/h2,5,8H,3-4,6-7,10H2,1H3. The number of rotatable bonds is 7. The summed E-state index contributed by atoms with van der Waals surface area (Å²) in [6.45, 7) is 1.77. The fourth-order valence-electron chi connectivity index (χ4n) is 1.01. The van der Waals surface area contributed by atoms with Gasteiger partial charge in [-0.2, -0.15) is 0 Å². The van der Waals surface area contributed by atoms with E-state index < -0.39 is 0 Å². The topological polar surface area (TPSA) is 57.4 Å². The maximum Gasteiger partial charge on any atom is 0.0941 e. The van der Waals surface area contributed by atoms with Gasteiger partial charge in [-0.3, -0.25) is 0 Å². The van der Waals surface area contributed by atoms with E-state index in [9.17, 15) is 0 Å². The minimum Gasteiger partial charge on any atom is -0.382 e. The smallest absolute Gasteiger partial charge is 0.0941 e. The van der Waals surface area contributed by atoms with Crippen molar-refractivity contribution in [3.63, 3.8) is 0 Å². The number of ether oxygens (including phenoxy) is 2. The van der Waals surface area contributed by atoms with Crippen molar-refractivity contribution in [2.45, 2.75) is 12.5 Å². The lowest BCUT2D eigenvalue weighted by molar-refractivity contribution is 0.0637. The molecule has 0 saturated carbocycles. The number of nitrogens with two attached hydrogens (primary N) is 1. The zero-order chi connectivity index (χ0) is 10.2. The van der Waals surface area contributed by atoms with Gasteiger partial charge in [0, 0.05) is 31.1 Å². The summed E-state index contributed by atoms with van der Waals surface area (Å²) in [5.41, 5.74) is 5.85. The highest BCUT2D eigenvalue weighted by Gasteiger charge is 2.05. The zero-order valence-electron chi connectivity index (χ0n) is 8.31. The van der Waals surface area contributed by atoms with Crippen LogP contribution in [-0.4, -0.2) is 38.0 Å². The van der Waals surface area contributed by atoms with Crippen LogP contribution in [0.25, 0.3) is 0 Å². The molecule has 0 bridgehead atoms. The molecule has 5 heteroatoms. The molecule has 0 spiro atoms. The van der Waals surface area contributed by atoms with E-state index in [1.165, 1.54) is 0 Å². The molecular formula is C9H16N2O2S. The fourth-order valence-corrected chi connectivity index (χ4v) is 1.72. The largest absolute Gasteiger partial charge is 0.382 e. The van der Waals surface area contributed by atoms with E-state index in [1.807, 2.05) is 5.38 Å². The molecule has 1 atom stereocenters. The first kappa shape index (κ1) is 11.6. The third kappa shape index (κ3) is 4.66. The highest BCUT2D eigenvalue weighted by Crippen LogP contribution is 2.06. The zero-order valence-corrected chi connectivity index (χ0v) is 9.13. The fraction of sp³-hybridized carbons (Fsp3) is 0.667. The predicted molar refractivity (Wildman–Crippen MR) is 56.5 cm³/mol. The van der Waals surface area contributed by atoms with Crippen molar-refractivity contribution < 1.29 is 9.47 Å². The Morgan fingerprint density at radius 3 is 3.07 bits per heavy atom. The van der Waals surface area contributed by atoms with Crippen LogP contribution >= 0.6 is 11.3 Å². The average Bonchev–Trinajstić information content (AvgIpc) is 2.65. The maximum atomic E-state index is 5.85. The van der Waals surface area contributed by atoms with Crippen molar-refractivity contribution >= 4 is 11.3 Å². The Labute approximate surface area is 88.0 Å². The summed E-state index contributed by atoms with van der Waals surface area (Å²) in [5.74, 6) is 0. The van der Waals surface area contributed by atoms with Crippen molar-refractivity contribution in [3.05, 3.63) is 16.6 Å². The number of nitrogens with zero attached hydrogens (tertiary/aromatic N) is 1. The summed E-state index contributed by atoms with van der Waals surface area (Å²) in [6, 6.07) is 0.0259. The molecule has 2 N–H and O–H groups in total. The SMILES string of the molecule is COCCOCC(N)Cc1nccs1. The molecule has 0 aliphatic rings. The summed E-state index contributed by atoms with van der Waals surface area (Å²) in [6.07, 6.45) is 2.57. The van der Waals surface area contributed by atoms with E-state index in [1.54, 1.807) is 24.6 Å². The first-order chi connectivity index (χ1) is 6.83. The molecule has 4 nitrogen and oxygen atoms in total. The van der Waals surface area contributed by atoms with Gasteiger partial charge in [-0.05, 0) is 0 Å². The van der Waals surface area contributed by atoms with Crippen LogP contribution in [0, 0.1) is 0 Å². The Hall–Kier alpha value is -0.490. The van der Waals surface area contributed by atoms with Gasteiger partial charge in [0.1, 0.15) is 0 Å². The summed E-state index contributed by atoms with van der Waals surface area (Å²) < 4.78 is 10.2. The van der Waals surface area contributed by atoms with Crippen LogP contribution < -0.4 is 5.73 Å². The van der Waals surface area contributed by atoms with E-state index in [2.05, 4.69) is 4.98 Å². The molecule has 1 unspecified atom stereocenters. The molecule has 1 heterocycles. The third-order valence-electron chi connectivity index (χ3n) is 1.68. The van der Waals surface area contributed by atoms with Gasteiger partial charge in [0.05, 0.1) is 24.8 Å². The quantitative estimate of drug-likeness (QED) is 0.681. The first-order valence-electron chi connectivity index (χ1n) is 4.53. The van der Waals surface area contributed by atoms with E-state index >= 15 is 0 Å². The number of methoxy groups -OCH3 is 1. The molecule has 0 amide bonds. The van der Waals surface area contributed by atoms with Crippen molar-refractivity contribution in [3.8, 4) is 0 Å². The van der Waals surface area contributed by atoms with Gasteiger partial charge in [0.25, 0.3) is 0 Å². The van der Waals surface area contributed by atoms with Gasteiger partial charge < -0.3 is 15.2 Å². The number of thiazole rings is 1. The van der Waals surface area contributed by atoms with E-state index in [0.717, 1.165) is 11.4 Å². The number of hydrogen-bond acceptors (Lipinski definition) is 5. The van der Waals surface area contributed by atoms with Crippen molar-refractivity contribution in [2.24, 2.45) is 5.73 Å². The summed E-state index contributed by atoms with van der Waals surface area (Å²) in [7, 11) is 1.65. The Morgan fingerprint density at radius 2 is 2.43 bits per heavy atom. The van der Waals surface area contributed by atoms with Gasteiger partial charge in [-0.15, -0.1) is 11.3 Å². The second-order valence-electron chi connectivity index (χ2n) is 2.96. The predicted octanol–water partition coefficient (Wildman–Crippen LogP) is 0.676. The molecule has 1 aromatic rings. The molecule has 14 heavy (non-hydrogen) atoms. The average molecular weight is 216 g/mol. The Kier molecular flexibility index (Phi) is 5.70. The molecule has 0 radical (unpaired) electrons. The maximum absolute atomic E-state index is 5.85. The summed E-state index contributed by atoms with van der Waals surface area (Å²) >= 11 is 1.62. The highest BCUT2D eigenvalue weighted by molar-refractivity contribution is 7.09. The van der Waals surface area contributed by atoms with Gasteiger partial charge in [-0.25, -0.2) is 4.98 Å². The van der Waals surface area contributed by atoms with Gasteiger partial charge in [0.15, 0.2) is 0 Å². The van der Waals surface area contributed by atoms with Crippen LogP contribution in [0.15, 0.2) is 11.6 Å². The Morgan fingerprint density at radius 1 is 1.57 bits per heavy atom. The Balaban J connectivity index is 2.07. The van der Waals surface area contributed by atoms with Crippen LogP contribution in [0.4, 0.5) is 0 Å². The van der Waals surface area contributed by atoms with Crippen LogP contribution in [-0.2, 0) is 15.9 Å². The normalized spacial score (nSPS) is 13.0. The number of hydrogen-bond donors (Lipinski definition) is 1. The summed E-state index contributed by atoms with van der Waals surface area (Å²) in [5, 5.41) is 3.02. The molecule has 80 valence electrons. The van der Waals surface area contributed by atoms with Crippen LogP contribution in [0.3, 0.4) is 0 Å². The molecular weight excluding hydrogens is 200 g/mol. The second-order valence-corrected chi connectivity index (χ2v) is 3.94. The van der Waals surface area contributed by atoms with E-state index in [0.29, 0.717) is 19.8 Å². The van der Waals surface area contributed by atoms with E-state index in [4.69, 9.17) is 15.2 Å². The molecule has 0 aromatic carbocycles.